The minimum absolute atomic E-state index is 0.319. The molecule has 0 aliphatic rings. The first-order chi connectivity index (χ1) is 9.15. The van der Waals surface area contributed by atoms with Crippen molar-refractivity contribution in [1.82, 2.24) is 0 Å². The highest BCUT2D eigenvalue weighted by Gasteiger charge is 2.06. The van der Waals surface area contributed by atoms with Gasteiger partial charge in [-0.15, -0.1) is 0 Å². The molecular weight excluding hydrogens is 232 g/mol. The van der Waals surface area contributed by atoms with E-state index in [2.05, 4.69) is 49.4 Å². The molecule has 0 heterocycles. The standard InChI is InChI=1S/C18H16O/c1-12-9-14(11-15(19)10-12)17-8-7-13(2)16-5-3-4-6-18(16)17/h3-11,19H,1-2H3. The normalized spacial score (nSPS) is 10.8. The Hall–Kier alpha value is -2.28. The van der Waals surface area contributed by atoms with Crippen LogP contribution in [0.5, 0.6) is 5.75 Å². The predicted octanol–water partition coefficient (Wildman–Crippen LogP) is 4.83. The number of benzene rings is 3. The van der Waals surface area contributed by atoms with Crippen LogP contribution in [-0.4, -0.2) is 5.11 Å². The number of phenolic OH excluding ortho intramolecular Hbond substituents is 1. The van der Waals surface area contributed by atoms with Gasteiger partial charge in [0.2, 0.25) is 0 Å². The maximum Gasteiger partial charge on any atom is 0.116 e. The summed E-state index contributed by atoms with van der Waals surface area (Å²) in [5.74, 6) is 0.319. The SMILES string of the molecule is Cc1cc(O)cc(-c2ccc(C)c3ccccc23)c1. The predicted molar refractivity (Wildman–Crippen MR) is 80.5 cm³/mol. The van der Waals surface area contributed by atoms with Crippen molar-refractivity contribution in [1.29, 1.82) is 0 Å². The number of aryl methyl sites for hydroxylation is 2. The van der Waals surface area contributed by atoms with Crippen LogP contribution in [-0.2, 0) is 0 Å². The Labute approximate surface area is 113 Å². The summed E-state index contributed by atoms with van der Waals surface area (Å²) >= 11 is 0. The Kier molecular flexibility index (Phi) is 2.75. The van der Waals surface area contributed by atoms with Crippen molar-refractivity contribution in [2.45, 2.75) is 13.8 Å². The second-order valence-electron chi connectivity index (χ2n) is 5.03. The van der Waals surface area contributed by atoms with E-state index in [1.165, 1.54) is 21.9 Å². The monoisotopic (exact) mass is 248 g/mol. The number of rotatable bonds is 1. The number of fused-ring (bicyclic) bond motifs is 1. The molecule has 0 atom stereocenters. The Bertz CT molecular complexity index is 736. The van der Waals surface area contributed by atoms with Crippen LogP contribution in [0.4, 0.5) is 0 Å². The summed E-state index contributed by atoms with van der Waals surface area (Å²) in [6.07, 6.45) is 0. The maximum absolute atomic E-state index is 9.78. The molecule has 19 heavy (non-hydrogen) atoms. The lowest BCUT2D eigenvalue weighted by Gasteiger charge is -2.10. The summed E-state index contributed by atoms with van der Waals surface area (Å²) < 4.78 is 0. The van der Waals surface area contributed by atoms with Crippen molar-refractivity contribution in [3.63, 3.8) is 0 Å². The van der Waals surface area contributed by atoms with Crippen molar-refractivity contribution in [3.05, 3.63) is 65.7 Å². The van der Waals surface area contributed by atoms with Gasteiger partial charge in [0.25, 0.3) is 0 Å². The van der Waals surface area contributed by atoms with Gasteiger partial charge >= 0.3 is 0 Å². The van der Waals surface area contributed by atoms with Crippen molar-refractivity contribution < 1.29 is 5.11 Å². The Morgan fingerprint density at radius 1 is 0.789 bits per heavy atom. The number of hydrogen-bond acceptors (Lipinski definition) is 1. The second kappa shape index (κ2) is 4.43. The van der Waals surface area contributed by atoms with Gasteiger partial charge in [-0.1, -0.05) is 42.5 Å². The summed E-state index contributed by atoms with van der Waals surface area (Å²) in [5, 5.41) is 12.3. The van der Waals surface area contributed by atoms with Gasteiger partial charge in [0, 0.05) is 0 Å². The van der Waals surface area contributed by atoms with Gasteiger partial charge in [0.1, 0.15) is 5.75 Å². The van der Waals surface area contributed by atoms with Crippen LogP contribution in [0.25, 0.3) is 21.9 Å². The van der Waals surface area contributed by atoms with Gasteiger partial charge in [0.15, 0.2) is 0 Å². The zero-order valence-corrected chi connectivity index (χ0v) is 11.1. The quantitative estimate of drug-likeness (QED) is 0.654. The molecule has 0 unspecified atom stereocenters. The smallest absolute Gasteiger partial charge is 0.116 e. The molecule has 0 radical (unpaired) electrons. The molecule has 0 amide bonds. The molecule has 94 valence electrons. The first-order valence-corrected chi connectivity index (χ1v) is 6.44. The lowest BCUT2D eigenvalue weighted by molar-refractivity contribution is 0.475. The molecule has 0 saturated heterocycles. The molecule has 0 aliphatic heterocycles. The fourth-order valence-electron chi connectivity index (χ4n) is 2.62. The lowest BCUT2D eigenvalue weighted by atomic mass is 9.94. The molecule has 1 heteroatoms. The highest BCUT2D eigenvalue weighted by molar-refractivity contribution is 5.98. The molecule has 0 aromatic heterocycles. The van der Waals surface area contributed by atoms with Gasteiger partial charge in [-0.25, -0.2) is 0 Å². The second-order valence-corrected chi connectivity index (χ2v) is 5.03. The molecule has 0 bridgehead atoms. The van der Waals surface area contributed by atoms with Crippen LogP contribution in [0.1, 0.15) is 11.1 Å². The largest absolute Gasteiger partial charge is 0.508 e. The maximum atomic E-state index is 9.78. The minimum Gasteiger partial charge on any atom is -0.508 e. The van der Waals surface area contributed by atoms with Crippen molar-refractivity contribution in [2.24, 2.45) is 0 Å². The molecule has 1 N–H and O–H groups in total. The van der Waals surface area contributed by atoms with Crippen LogP contribution in [0.15, 0.2) is 54.6 Å². The average molecular weight is 248 g/mol. The van der Waals surface area contributed by atoms with Crippen LogP contribution in [0, 0.1) is 13.8 Å². The number of phenols is 1. The first kappa shape index (κ1) is 11.8. The molecule has 3 rings (SSSR count). The third-order valence-corrected chi connectivity index (χ3v) is 3.52. The minimum atomic E-state index is 0.319. The van der Waals surface area contributed by atoms with Crippen molar-refractivity contribution >= 4 is 10.8 Å². The topological polar surface area (TPSA) is 20.2 Å². The summed E-state index contributed by atoms with van der Waals surface area (Å²) in [6.45, 7) is 4.12. The summed E-state index contributed by atoms with van der Waals surface area (Å²) in [7, 11) is 0. The molecule has 3 aromatic rings. The fourth-order valence-corrected chi connectivity index (χ4v) is 2.62. The van der Waals surface area contributed by atoms with E-state index < -0.39 is 0 Å². The third-order valence-electron chi connectivity index (χ3n) is 3.52. The first-order valence-electron chi connectivity index (χ1n) is 6.44. The van der Waals surface area contributed by atoms with E-state index in [4.69, 9.17) is 0 Å². The van der Waals surface area contributed by atoms with Gasteiger partial charge < -0.3 is 5.11 Å². The van der Waals surface area contributed by atoms with E-state index in [0.717, 1.165) is 11.1 Å². The van der Waals surface area contributed by atoms with E-state index in [1.54, 1.807) is 6.07 Å². The van der Waals surface area contributed by atoms with E-state index in [9.17, 15) is 5.11 Å². The summed E-state index contributed by atoms with van der Waals surface area (Å²) in [6, 6.07) is 18.4. The van der Waals surface area contributed by atoms with Crippen LogP contribution in [0.3, 0.4) is 0 Å². The van der Waals surface area contributed by atoms with E-state index in [0.29, 0.717) is 5.75 Å². The van der Waals surface area contributed by atoms with Crippen molar-refractivity contribution in [3.8, 4) is 16.9 Å². The average Bonchev–Trinajstić information content (AvgIpc) is 2.38. The summed E-state index contributed by atoms with van der Waals surface area (Å²) in [4.78, 5) is 0. The Balaban J connectivity index is 2.34. The molecule has 0 aliphatic carbocycles. The van der Waals surface area contributed by atoms with E-state index in [1.807, 2.05) is 13.0 Å². The zero-order valence-electron chi connectivity index (χ0n) is 11.1. The summed E-state index contributed by atoms with van der Waals surface area (Å²) in [5.41, 5.74) is 4.57. The van der Waals surface area contributed by atoms with Gasteiger partial charge in [-0.05, 0) is 59.0 Å². The molecular formula is C18H16O. The number of hydrogen-bond donors (Lipinski definition) is 1. The van der Waals surface area contributed by atoms with E-state index in [-0.39, 0.29) is 0 Å². The van der Waals surface area contributed by atoms with Crippen molar-refractivity contribution in [2.75, 3.05) is 0 Å². The molecule has 1 nitrogen and oxygen atoms in total. The molecule has 3 aromatic carbocycles. The van der Waals surface area contributed by atoms with Crippen LogP contribution < -0.4 is 0 Å². The lowest BCUT2D eigenvalue weighted by Crippen LogP contribution is -1.85. The molecule has 0 spiro atoms. The Morgan fingerprint density at radius 3 is 2.26 bits per heavy atom. The van der Waals surface area contributed by atoms with Gasteiger partial charge in [-0.3, -0.25) is 0 Å². The molecule has 0 fully saturated rings. The molecule has 0 saturated carbocycles. The third kappa shape index (κ3) is 2.08. The van der Waals surface area contributed by atoms with Crippen LogP contribution >= 0.6 is 0 Å². The Morgan fingerprint density at radius 2 is 1.53 bits per heavy atom. The van der Waals surface area contributed by atoms with Gasteiger partial charge in [-0.2, -0.15) is 0 Å². The number of aromatic hydroxyl groups is 1. The highest BCUT2D eigenvalue weighted by atomic mass is 16.3. The van der Waals surface area contributed by atoms with Crippen LogP contribution in [0.2, 0.25) is 0 Å². The van der Waals surface area contributed by atoms with Gasteiger partial charge in [0.05, 0.1) is 0 Å². The zero-order chi connectivity index (χ0) is 13.4. The van der Waals surface area contributed by atoms with E-state index >= 15 is 0 Å². The fraction of sp³-hybridized carbons (Fsp3) is 0.111. The highest BCUT2D eigenvalue weighted by Crippen LogP contribution is 2.32.